The van der Waals surface area contributed by atoms with Crippen molar-refractivity contribution >= 4 is 28.4 Å². The van der Waals surface area contributed by atoms with Gasteiger partial charge in [0, 0.05) is 57.5 Å². The maximum absolute atomic E-state index is 15.0. The van der Waals surface area contributed by atoms with Crippen LogP contribution in [0.4, 0.5) is 4.39 Å². The lowest BCUT2D eigenvalue weighted by molar-refractivity contribution is -0.146. The Labute approximate surface area is 174 Å². The molecule has 1 aliphatic heterocycles. The van der Waals surface area contributed by atoms with E-state index in [1.54, 1.807) is 13.2 Å². The van der Waals surface area contributed by atoms with Gasteiger partial charge in [-0.2, -0.15) is 0 Å². The number of halogens is 2. The number of carbonyl (C=O) groups is 1. The van der Waals surface area contributed by atoms with Gasteiger partial charge < -0.3 is 24.3 Å². The van der Waals surface area contributed by atoms with Crippen LogP contribution in [0.15, 0.2) is 18.3 Å². The number of rotatable bonds is 8. The Bertz CT molecular complexity index is 878. The van der Waals surface area contributed by atoms with Gasteiger partial charge in [0.15, 0.2) is 5.82 Å². The van der Waals surface area contributed by atoms with Gasteiger partial charge in [0.25, 0.3) is 5.91 Å². The van der Waals surface area contributed by atoms with Crippen LogP contribution in [0.25, 0.3) is 10.9 Å². The molecule has 158 valence electrons. The summed E-state index contributed by atoms with van der Waals surface area (Å²) in [6.45, 7) is 3.43. The van der Waals surface area contributed by atoms with Crippen LogP contribution in [0.5, 0.6) is 0 Å². The molecule has 2 fully saturated rings. The van der Waals surface area contributed by atoms with E-state index >= 15 is 0 Å². The Morgan fingerprint density at radius 1 is 1.48 bits per heavy atom. The summed E-state index contributed by atoms with van der Waals surface area (Å²) in [5.74, 6) is -0.477. The maximum Gasteiger partial charge on any atom is 0.253 e. The van der Waals surface area contributed by atoms with Gasteiger partial charge >= 0.3 is 0 Å². The average molecular weight is 424 g/mol. The van der Waals surface area contributed by atoms with E-state index in [0.29, 0.717) is 30.7 Å². The number of nitrogens with one attached hydrogen (secondary N) is 1. The van der Waals surface area contributed by atoms with Crippen molar-refractivity contribution in [2.45, 2.75) is 44.5 Å². The molecule has 2 heterocycles. The third-order valence-corrected chi connectivity index (χ3v) is 6.00. The van der Waals surface area contributed by atoms with E-state index in [-0.39, 0.29) is 23.5 Å². The Morgan fingerprint density at radius 3 is 3.00 bits per heavy atom. The molecule has 2 aromatic rings. The van der Waals surface area contributed by atoms with Gasteiger partial charge in [0.2, 0.25) is 0 Å². The quantitative estimate of drug-likeness (QED) is 0.663. The minimum absolute atomic E-state index is 0.0493. The molecule has 0 bridgehead atoms. The summed E-state index contributed by atoms with van der Waals surface area (Å²) in [5.41, 5.74) is 1.42. The number of aromatic nitrogens is 1. The van der Waals surface area contributed by atoms with E-state index in [9.17, 15) is 9.18 Å². The van der Waals surface area contributed by atoms with Gasteiger partial charge in [-0.05, 0) is 37.0 Å². The fourth-order valence-electron chi connectivity index (χ4n) is 3.87. The molecule has 1 aromatic heterocycles. The van der Waals surface area contributed by atoms with E-state index in [4.69, 9.17) is 21.1 Å². The Hall–Kier alpha value is -1.67. The second-order valence-electron chi connectivity index (χ2n) is 7.71. The Morgan fingerprint density at radius 2 is 2.31 bits per heavy atom. The molecule has 0 unspecified atom stereocenters. The van der Waals surface area contributed by atoms with Crippen LogP contribution in [0.1, 0.15) is 24.8 Å². The van der Waals surface area contributed by atoms with E-state index in [2.05, 4.69) is 5.32 Å². The van der Waals surface area contributed by atoms with Crippen LogP contribution in [0.3, 0.4) is 0 Å². The van der Waals surface area contributed by atoms with Crippen molar-refractivity contribution in [3.8, 4) is 0 Å². The maximum atomic E-state index is 15.0. The summed E-state index contributed by atoms with van der Waals surface area (Å²) in [5, 5.41) is 3.79. The number of fused-ring (bicyclic) bond motifs is 1. The smallest absolute Gasteiger partial charge is 0.253 e. The van der Waals surface area contributed by atoms with Crippen LogP contribution >= 0.6 is 11.6 Å². The van der Waals surface area contributed by atoms with Crippen molar-refractivity contribution in [1.29, 1.82) is 0 Å². The molecule has 1 saturated heterocycles. The van der Waals surface area contributed by atoms with Gasteiger partial charge in [-0.1, -0.05) is 11.6 Å². The molecule has 1 aromatic carbocycles. The van der Waals surface area contributed by atoms with Crippen molar-refractivity contribution < 1.29 is 18.7 Å². The van der Waals surface area contributed by atoms with Crippen LogP contribution in [-0.4, -0.2) is 60.9 Å². The summed E-state index contributed by atoms with van der Waals surface area (Å²) in [6, 6.07) is 3.84. The zero-order chi connectivity index (χ0) is 20.4. The third kappa shape index (κ3) is 4.43. The molecule has 2 aliphatic rings. The fraction of sp³-hybridized carbons (Fsp3) is 0.571. The lowest BCUT2D eigenvalue weighted by atomic mass is 10.1. The van der Waals surface area contributed by atoms with Gasteiger partial charge in [0.05, 0.1) is 17.1 Å². The van der Waals surface area contributed by atoms with E-state index in [0.717, 1.165) is 37.9 Å². The molecule has 1 amide bonds. The molecule has 1 atom stereocenters. The van der Waals surface area contributed by atoms with E-state index < -0.39 is 11.9 Å². The van der Waals surface area contributed by atoms with Crippen LogP contribution in [0.2, 0.25) is 5.02 Å². The topological polar surface area (TPSA) is 55.7 Å². The zero-order valence-corrected chi connectivity index (χ0v) is 17.4. The minimum Gasteiger partial charge on any atom is -0.385 e. The van der Waals surface area contributed by atoms with Gasteiger partial charge in [-0.25, -0.2) is 4.39 Å². The van der Waals surface area contributed by atoms with Gasteiger partial charge in [-0.15, -0.1) is 0 Å². The summed E-state index contributed by atoms with van der Waals surface area (Å²) in [7, 11) is 1.67. The van der Waals surface area contributed by atoms with E-state index in [1.165, 1.54) is 0 Å². The second kappa shape index (κ2) is 9.00. The first kappa shape index (κ1) is 20.6. The first-order valence-electron chi connectivity index (χ1n) is 10.2. The van der Waals surface area contributed by atoms with Crippen molar-refractivity contribution in [3.63, 3.8) is 0 Å². The number of morpholine rings is 1. The summed E-state index contributed by atoms with van der Waals surface area (Å²) in [4.78, 5) is 14.8. The van der Waals surface area contributed by atoms with Gasteiger partial charge in [-0.3, -0.25) is 4.79 Å². The van der Waals surface area contributed by atoms with Crippen LogP contribution in [-0.2, 0) is 27.4 Å². The number of carbonyl (C=O) groups excluding carboxylic acids is 1. The Kier molecular flexibility index (Phi) is 6.39. The highest BCUT2D eigenvalue weighted by molar-refractivity contribution is 6.32. The van der Waals surface area contributed by atoms with Crippen molar-refractivity contribution in [1.82, 2.24) is 14.8 Å². The average Bonchev–Trinajstić information content (AvgIpc) is 3.51. The standard InChI is InChI=1S/C21H27ClFN3O3/c1-28-9-2-7-25-8-5-16-17(25)11-14(19(22)20(16)23)13-26(15-3-4-15)21(27)18-12-24-6-10-29-18/h5,8,11,15,18,24H,2-4,6-7,9-10,12-13H2,1H3/t18-/m1/s1. The molecule has 4 rings (SSSR count). The number of methoxy groups -OCH3 is 1. The zero-order valence-electron chi connectivity index (χ0n) is 16.6. The number of amides is 1. The molecule has 1 N–H and O–H groups in total. The molecule has 1 saturated carbocycles. The predicted octanol–water partition coefficient (Wildman–Crippen LogP) is 2.95. The molecule has 0 spiro atoms. The van der Waals surface area contributed by atoms with Gasteiger partial charge in [0.1, 0.15) is 6.10 Å². The lowest BCUT2D eigenvalue weighted by Crippen LogP contribution is -2.49. The largest absolute Gasteiger partial charge is 0.385 e. The number of hydrogen-bond acceptors (Lipinski definition) is 4. The molecular weight excluding hydrogens is 397 g/mol. The predicted molar refractivity (Wildman–Crippen MR) is 110 cm³/mol. The SMILES string of the molecule is COCCCn1ccc2c(F)c(Cl)c(CN(C(=O)[C@H]3CNCCO3)C3CC3)cc21. The third-order valence-electron chi connectivity index (χ3n) is 5.59. The highest BCUT2D eigenvalue weighted by Crippen LogP contribution is 2.34. The minimum atomic E-state index is -0.491. The fourth-order valence-corrected chi connectivity index (χ4v) is 4.09. The van der Waals surface area contributed by atoms with E-state index in [1.807, 2.05) is 21.7 Å². The van der Waals surface area contributed by atoms with Crippen molar-refractivity contribution in [2.75, 3.05) is 33.4 Å². The van der Waals surface area contributed by atoms with Crippen LogP contribution < -0.4 is 5.32 Å². The number of ether oxygens (including phenoxy) is 2. The number of nitrogens with zero attached hydrogens (tertiary/aromatic N) is 2. The summed E-state index contributed by atoms with van der Waals surface area (Å²) >= 11 is 6.38. The first-order valence-corrected chi connectivity index (χ1v) is 10.6. The number of hydrogen-bond donors (Lipinski definition) is 1. The molecule has 8 heteroatoms. The van der Waals surface area contributed by atoms with Crippen molar-refractivity contribution in [3.05, 3.63) is 34.7 Å². The highest BCUT2D eigenvalue weighted by atomic mass is 35.5. The monoisotopic (exact) mass is 423 g/mol. The normalized spacial score (nSPS) is 19.6. The summed E-state index contributed by atoms with van der Waals surface area (Å²) < 4.78 is 27.7. The number of aryl methyl sites for hydroxylation is 1. The summed E-state index contributed by atoms with van der Waals surface area (Å²) in [6.07, 6.45) is 4.13. The molecular formula is C21H27ClFN3O3. The van der Waals surface area contributed by atoms with Crippen molar-refractivity contribution in [2.24, 2.45) is 0 Å². The molecule has 0 radical (unpaired) electrons. The highest BCUT2D eigenvalue weighted by Gasteiger charge is 2.37. The Balaban J connectivity index is 1.60. The lowest BCUT2D eigenvalue weighted by Gasteiger charge is -2.30. The molecule has 6 nitrogen and oxygen atoms in total. The van der Waals surface area contributed by atoms with Crippen LogP contribution in [0, 0.1) is 5.82 Å². The second-order valence-corrected chi connectivity index (χ2v) is 8.09. The number of benzene rings is 1. The molecule has 29 heavy (non-hydrogen) atoms. The molecule has 1 aliphatic carbocycles. The first-order chi connectivity index (χ1) is 14.1.